The van der Waals surface area contributed by atoms with Crippen LogP contribution in [0.3, 0.4) is 0 Å². The molecule has 4 nitrogen and oxygen atoms in total. The van der Waals surface area contributed by atoms with E-state index in [1.807, 2.05) is 84.9 Å². The van der Waals surface area contributed by atoms with Gasteiger partial charge in [0.25, 0.3) is 0 Å². The molecule has 0 aromatic heterocycles. The van der Waals surface area contributed by atoms with Gasteiger partial charge in [-0.05, 0) is 45.0 Å². The zero-order valence-electron chi connectivity index (χ0n) is 18.0. The van der Waals surface area contributed by atoms with E-state index in [4.69, 9.17) is 4.74 Å². The maximum Gasteiger partial charge on any atom is 0.220 e. The summed E-state index contributed by atoms with van der Waals surface area (Å²) >= 11 is 0. The van der Waals surface area contributed by atoms with Crippen LogP contribution in [-0.2, 0) is 9.30 Å². The molecule has 0 saturated carbocycles. The summed E-state index contributed by atoms with van der Waals surface area (Å²) in [7, 11) is -3.05. The summed E-state index contributed by atoms with van der Waals surface area (Å²) in [5.41, 5.74) is 3.55. The van der Waals surface area contributed by atoms with E-state index in [-0.39, 0.29) is 5.54 Å². The molecule has 0 radical (unpaired) electrons. The standard InChI is InChI=1S/C26H27N2O2P/c1-26(2,3)27-22-14-16-23(17-15-22)28-31(29)18-24(20-10-6-4-7-11-20)30-25(19-31)21-12-8-5-9-13-21/h4-19,27H,1-3H3,(H,28,29). The number of anilines is 2. The molecular weight excluding hydrogens is 403 g/mol. The number of nitrogens with one attached hydrogen (secondary N) is 2. The topological polar surface area (TPSA) is 50.4 Å². The molecule has 0 amide bonds. The summed E-state index contributed by atoms with van der Waals surface area (Å²) in [6, 6.07) is 27.4. The fourth-order valence-electron chi connectivity index (χ4n) is 3.36. The molecule has 158 valence electrons. The van der Waals surface area contributed by atoms with Gasteiger partial charge >= 0.3 is 0 Å². The van der Waals surface area contributed by atoms with Gasteiger partial charge in [0.05, 0.1) is 0 Å². The molecule has 1 aliphatic heterocycles. The normalized spacial score (nSPS) is 15.3. The fraction of sp³-hybridized carbons (Fsp3) is 0.154. The Morgan fingerprint density at radius 1 is 0.677 bits per heavy atom. The van der Waals surface area contributed by atoms with Gasteiger partial charge in [0.15, 0.2) is 0 Å². The van der Waals surface area contributed by atoms with Crippen molar-refractivity contribution in [2.45, 2.75) is 26.3 Å². The molecule has 0 saturated heterocycles. The smallest absolute Gasteiger partial charge is 0.220 e. The minimum absolute atomic E-state index is 0.0247. The van der Waals surface area contributed by atoms with Crippen molar-refractivity contribution in [3.8, 4) is 0 Å². The Balaban J connectivity index is 1.67. The van der Waals surface area contributed by atoms with Crippen LogP contribution in [0.25, 0.3) is 11.5 Å². The predicted octanol–water partition coefficient (Wildman–Crippen LogP) is 7.61. The third kappa shape index (κ3) is 5.48. The monoisotopic (exact) mass is 430 g/mol. The first-order valence-electron chi connectivity index (χ1n) is 10.3. The van der Waals surface area contributed by atoms with Crippen LogP contribution in [0, 0.1) is 0 Å². The quantitative estimate of drug-likeness (QED) is 0.409. The minimum Gasteiger partial charge on any atom is -0.456 e. The van der Waals surface area contributed by atoms with Crippen LogP contribution in [0.5, 0.6) is 0 Å². The number of benzene rings is 3. The van der Waals surface area contributed by atoms with Crippen molar-refractivity contribution in [1.29, 1.82) is 0 Å². The van der Waals surface area contributed by atoms with Gasteiger partial charge in [0, 0.05) is 39.7 Å². The third-order valence-electron chi connectivity index (χ3n) is 4.66. The molecule has 4 rings (SSSR count). The minimum atomic E-state index is -3.05. The Morgan fingerprint density at radius 3 is 1.58 bits per heavy atom. The summed E-state index contributed by atoms with van der Waals surface area (Å²) in [4.78, 5) is 0. The van der Waals surface area contributed by atoms with Gasteiger partial charge in [0.2, 0.25) is 7.29 Å². The van der Waals surface area contributed by atoms with Crippen LogP contribution in [0.15, 0.2) is 96.6 Å². The molecule has 5 heteroatoms. The highest BCUT2D eigenvalue weighted by Gasteiger charge is 2.27. The van der Waals surface area contributed by atoms with Gasteiger partial charge in [-0.1, -0.05) is 60.7 Å². The summed E-state index contributed by atoms with van der Waals surface area (Å²) in [6.07, 6.45) is 0. The van der Waals surface area contributed by atoms with Crippen molar-refractivity contribution >= 4 is 30.2 Å². The maximum absolute atomic E-state index is 13.9. The van der Waals surface area contributed by atoms with Gasteiger partial charge in [-0.3, -0.25) is 4.57 Å². The van der Waals surface area contributed by atoms with Crippen LogP contribution < -0.4 is 10.4 Å². The molecular formula is C26H27N2O2P. The Kier molecular flexibility index (Phi) is 5.75. The van der Waals surface area contributed by atoms with Crippen molar-refractivity contribution in [3.05, 3.63) is 108 Å². The maximum atomic E-state index is 13.9. The fourth-order valence-corrected chi connectivity index (χ4v) is 5.21. The van der Waals surface area contributed by atoms with E-state index in [9.17, 15) is 4.57 Å². The van der Waals surface area contributed by atoms with Crippen molar-refractivity contribution in [1.82, 2.24) is 0 Å². The molecule has 3 aromatic carbocycles. The Labute approximate surface area is 184 Å². The predicted molar refractivity (Wildman–Crippen MR) is 131 cm³/mol. The molecule has 0 fully saturated rings. The molecule has 0 aliphatic carbocycles. The van der Waals surface area contributed by atoms with E-state index in [0.717, 1.165) is 22.5 Å². The van der Waals surface area contributed by atoms with Crippen LogP contribution >= 0.6 is 7.29 Å². The highest BCUT2D eigenvalue weighted by Crippen LogP contribution is 2.56. The number of ether oxygens (including phenoxy) is 1. The zero-order chi connectivity index (χ0) is 21.9. The number of rotatable bonds is 5. The van der Waals surface area contributed by atoms with Gasteiger partial charge < -0.3 is 15.1 Å². The van der Waals surface area contributed by atoms with Gasteiger partial charge in [0.1, 0.15) is 11.5 Å². The van der Waals surface area contributed by atoms with E-state index in [2.05, 4.69) is 31.2 Å². The molecule has 1 aliphatic rings. The second-order valence-electron chi connectivity index (χ2n) is 8.59. The van der Waals surface area contributed by atoms with Gasteiger partial charge in [-0.25, -0.2) is 0 Å². The summed E-state index contributed by atoms with van der Waals surface area (Å²) in [5.74, 6) is 4.58. The van der Waals surface area contributed by atoms with E-state index >= 15 is 0 Å². The lowest BCUT2D eigenvalue weighted by molar-refractivity contribution is 0.469. The SMILES string of the molecule is CC(C)(C)Nc1ccc(NP2(=O)C=C(c3ccccc3)OC(c3ccccc3)=C2)cc1. The van der Waals surface area contributed by atoms with Crippen LogP contribution in [0.2, 0.25) is 0 Å². The van der Waals surface area contributed by atoms with Gasteiger partial charge in [-0.15, -0.1) is 0 Å². The Bertz CT molecular complexity index is 1090. The highest BCUT2D eigenvalue weighted by molar-refractivity contribution is 7.72. The number of hydrogen-bond acceptors (Lipinski definition) is 3. The molecule has 0 spiro atoms. The zero-order valence-corrected chi connectivity index (χ0v) is 18.9. The van der Waals surface area contributed by atoms with Crippen molar-refractivity contribution in [3.63, 3.8) is 0 Å². The Hall–Kier alpha value is -3.23. The summed E-state index contributed by atoms with van der Waals surface area (Å²) < 4.78 is 20.1. The lowest BCUT2D eigenvalue weighted by atomic mass is 10.1. The lowest BCUT2D eigenvalue weighted by Crippen LogP contribution is -2.25. The molecule has 0 unspecified atom stereocenters. The number of hydrogen-bond donors (Lipinski definition) is 2. The molecule has 31 heavy (non-hydrogen) atoms. The van der Waals surface area contributed by atoms with Crippen LogP contribution in [-0.4, -0.2) is 5.54 Å². The average Bonchev–Trinajstić information content (AvgIpc) is 2.75. The first-order chi connectivity index (χ1) is 14.8. The van der Waals surface area contributed by atoms with Crippen molar-refractivity contribution in [2.75, 3.05) is 10.4 Å². The van der Waals surface area contributed by atoms with E-state index in [1.165, 1.54) is 0 Å². The molecule has 1 heterocycles. The Morgan fingerprint density at radius 2 is 1.13 bits per heavy atom. The molecule has 0 atom stereocenters. The van der Waals surface area contributed by atoms with E-state index in [0.29, 0.717) is 11.5 Å². The highest BCUT2D eigenvalue weighted by atomic mass is 31.2. The van der Waals surface area contributed by atoms with E-state index < -0.39 is 7.29 Å². The van der Waals surface area contributed by atoms with Gasteiger partial charge in [-0.2, -0.15) is 0 Å². The molecule has 3 aromatic rings. The average molecular weight is 430 g/mol. The second kappa shape index (κ2) is 8.49. The van der Waals surface area contributed by atoms with E-state index in [1.54, 1.807) is 11.6 Å². The van der Waals surface area contributed by atoms with Crippen molar-refractivity contribution < 1.29 is 9.30 Å². The van der Waals surface area contributed by atoms with Crippen molar-refractivity contribution in [2.24, 2.45) is 0 Å². The second-order valence-corrected chi connectivity index (χ2v) is 10.8. The van der Waals surface area contributed by atoms with Crippen LogP contribution in [0.4, 0.5) is 11.4 Å². The molecule has 0 bridgehead atoms. The first kappa shape index (κ1) is 21.0. The first-order valence-corrected chi connectivity index (χ1v) is 12.1. The summed E-state index contributed by atoms with van der Waals surface area (Å²) in [6.45, 7) is 6.35. The third-order valence-corrected chi connectivity index (χ3v) is 6.51. The largest absolute Gasteiger partial charge is 0.456 e. The lowest BCUT2D eigenvalue weighted by Gasteiger charge is -2.25. The van der Waals surface area contributed by atoms with Crippen LogP contribution in [0.1, 0.15) is 31.9 Å². The summed E-state index contributed by atoms with van der Waals surface area (Å²) in [5, 5.41) is 6.68. The molecule has 2 N–H and O–H groups in total.